The highest BCUT2D eigenvalue weighted by Crippen LogP contribution is 2.27. The molecular formula is C27H35N3O3. The lowest BCUT2D eigenvalue weighted by Gasteiger charge is -2.26. The number of anilines is 1. The molecule has 0 aromatic heterocycles. The Kier molecular flexibility index (Phi) is 8.39. The third-order valence-electron chi connectivity index (χ3n) is 6.05. The van der Waals surface area contributed by atoms with Crippen LogP contribution in [0.4, 0.5) is 5.69 Å². The SMILES string of the molecule is CCCC[C@H](O)[C@@H](CC(C)C)C(=O)NC1N=C(c2ccccc2)c2ccccc2N(C)C1=O. The van der Waals surface area contributed by atoms with Crippen LogP contribution < -0.4 is 10.2 Å². The molecule has 176 valence electrons. The fourth-order valence-corrected chi connectivity index (χ4v) is 4.25. The van der Waals surface area contributed by atoms with Crippen LogP contribution in [-0.4, -0.2) is 41.9 Å². The van der Waals surface area contributed by atoms with E-state index in [2.05, 4.69) is 12.2 Å². The number of benzene rings is 2. The average Bonchev–Trinajstić information content (AvgIpc) is 2.92. The highest BCUT2D eigenvalue weighted by Gasteiger charge is 2.34. The third-order valence-corrected chi connectivity index (χ3v) is 6.05. The normalized spacial score (nSPS) is 17.8. The summed E-state index contributed by atoms with van der Waals surface area (Å²) in [5.74, 6) is -0.998. The summed E-state index contributed by atoms with van der Waals surface area (Å²) in [7, 11) is 1.70. The number of hydrogen-bond acceptors (Lipinski definition) is 4. The Morgan fingerprint density at radius 3 is 2.45 bits per heavy atom. The summed E-state index contributed by atoms with van der Waals surface area (Å²) in [5, 5.41) is 13.6. The summed E-state index contributed by atoms with van der Waals surface area (Å²) in [4.78, 5) is 33.0. The Bertz CT molecular complexity index is 987. The topological polar surface area (TPSA) is 82.0 Å². The van der Waals surface area contributed by atoms with E-state index in [1.807, 2.05) is 68.4 Å². The van der Waals surface area contributed by atoms with E-state index in [0.717, 1.165) is 29.7 Å². The molecule has 0 saturated heterocycles. The van der Waals surface area contributed by atoms with Gasteiger partial charge in [-0.05, 0) is 24.8 Å². The molecule has 33 heavy (non-hydrogen) atoms. The molecule has 0 radical (unpaired) electrons. The van der Waals surface area contributed by atoms with Crippen molar-refractivity contribution in [3.63, 3.8) is 0 Å². The minimum atomic E-state index is -1.07. The molecule has 1 unspecified atom stereocenters. The maximum atomic E-state index is 13.3. The Morgan fingerprint density at radius 1 is 1.12 bits per heavy atom. The van der Waals surface area contributed by atoms with Gasteiger partial charge < -0.3 is 15.3 Å². The Morgan fingerprint density at radius 2 is 1.79 bits per heavy atom. The zero-order valence-corrected chi connectivity index (χ0v) is 20.0. The van der Waals surface area contributed by atoms with Gasteiger partial charge in [0.1, 0.15) is 0 Å². The van der Waals surface area contributed by atoms with Crippen molar-refractivity contribution in [3.05, 3.63) is 65.7 Å². The van der Waals surface area contributed by atoms with E-state index >= 15 is 0 Å². The van der Waals surface area contributed by atoms with E-state index < -0.39 is 18.2 Å². The second kappa shape index (κ2) is 11.2. The number of benzodiazepines with no additional fused rings is 1. The minimum absolute atomic E-state index is 0.233. The summed E-state index contributed by atoms with van der Waals surface area (Å²) in [6, 6.07) is 17.3. The molecule has 3 atom stereocenters. The van der Waals surface area contributed by atoms with E-state index in [-0.39, 0.29) is 17.7 Å². The van der Waals surface area contributed by atoms with Gasteiger partial charge >= 0.3 is 0 Å². The molecule has 1 heterocycles. The molecule has 2 aromatic carbocycles. The average molecular weight is 450 g/mol. The highest BCUT2D eigenvalue weighted by atomic mass is 16.3. The first kappa shape index (κ1) is 24.6. The van der Waals surface area contributed by atoms with Crippen molar-refractivity contribution < 1.29 is 14.7 Å². The van der Waals surface area contributed by atoms with Crippen molar-refractivity contribution >= 4 is 23.2 Å². The molecule has 0 spiro atoms. The van der Waals surface area contributed by atoms with Crippen molar-refractivity contribution in [2.24, 2.45) is 16.8 Å². The number of nitrogens with one attached hydrogen (secondary N) is 1. The van der Waals surface area contributed by atoms with E-state index in [4.69, 9.17) is 4.99 Å². The summed E-state index contributed by atoms with van der Waals surface area (Å²) >= 11 is 0. The Hall–Kier alpha value is -2.99. The van der Waals surface area contributed by atoms with Gasteiger partial charge in [0.05, 0.1) is 23.4 Å². The summed E-state index contributed by atoms with van der Waals surface area (Å²) in [6.45, 7) is 6.11. The molecule has 0 bridgehead atoms. The number of nitrogens with zero attached hydrogens (tertiary/aromatic N) is 2. The third kappa shape index (κ3) is 5.88. The lowest BCUT2D eigenvalue weighted by molar-refractivity contribution is -0.133. The number of fused-ring (bicyclic) bond motifs is 1. The second-order valence-corrected chi connectivity index (χ2v) is 9.11. The van der Waals surface area contributed by atoms with Crippen LogP contribution >= 0.6 is 0 Å². The number of carbonyl (C=O) groups is 2. The first-order valence-electron chi connectivity index (χ1n) is 11.8. The van der Waals surface area contributed by atoms with Gasteiger partial charge in [0.2, 0.25) is 12.1 Å². The Labute approximate surface area is 196 Å². The molecule has 0 aliphatic carbocycles. The highest BCUT2D eigenvalue weighted by molar-refractivity contribution is 6.20. The number of unbranched alkanes of at least 4 members (excludes halogenated alkanes) is 1. The van der Waals surface area contributed by atoms with Gasteiger partial charge in [-0.15, -0.1) is 0 Å². The zero-order valence-electron chi connectivity index (χ0n) is 20.0. The lowest BCUT2D eigenvalue weighted by atomic mass is 9.88. The van der Waals surface area contributed by atoms with E-state index in [1.165, 1.54) is 0 Å². The number of rotatable bonds is 9. The van der Waals surface area contributed by atoms with Crippen LogP contribution in [-0.2, 0) is 9.59 Å². The Balaban J connectivity index is 1.97. The van der Waals surface area contributed by atoms with Crippen molar-refractivity contribution in [2.45, 2.75) is 58.7 Å². The molecule has 6 nitrogen and oxygen atoms in total. The predicted octanol–water partition coefficient (Wildman–Crippen LogP) is 4.16. The number of para-hydroxylation sites is 1. The summed E-state index contributed by atoms with van der Waals surface area (Å²) < 4.78 is 0. The van der Waals surface area contributed by atoms with Crippen LogP contribution in [0.2, 0.25) is 0 Å². The first-order chi connectivity index (χ1) is 15.8. The number of aliphatic imine (C=N–C) groups is 1. The van der Waals surface area contributed by atoms with Crippen LogP contribution in [0.1, 0.15) is 57.6 Å². The van der Waals surface area contributed by atoms with Gasteiger partial charge in [-0.3, -0.25) is 9.59 Å². The van der Waals surface area contributed by atoms with Gasteiger partial charge in [-0.2, -0.15) is 0 Å². The minimum Gasteiger partial charge on any atom is -0.392 e. The van der Waals surface area contributed by atoms with E-state index in [0.29, 0.717) is 18.6 Å². The largest absolute Gasteiger partial charge is 0.392 e. The molecule has 2 N–H and O–H groups in total. The van der Waals surface area contributed by atoms with Gasteiger partial charge in [0, 0.05) is 18.2 Å². The molecule has 6 heteroatoms. The molecule has 2 amide bonds. The van der Waals surface area contributed by atoms with Crippen molar-refractivity contribution in [2.75, 3.05) is 11.9 Å². The van der Waals surface area contributed by atoms with Crippen LogP contribution in [0, 0.1) is 11.8 Å². The monoisotopic (exact) mass is 449 g/mol. The fourth-order valence-electron chi connectivity index (χ4n) is 4.25. The predicted molar refractivity (Wildman–Crippen MR) is 132 cm³/mol. The second-order valence-electron chi connectivity index (χ2n) is 9.11. The van der Waals surface area contributed by atoms with Gasteiger partial charge in [0.25, 0.3) is 5.91 Å². The number of aliphatic hydroxyl groups is 1. The number of hydrogen-bond donors (Lipinski definition) is 2. The van der Waals surface area contributed by atoms with Crippen LogP contribution in [0.25, 0.3) is 0 Å². The molecule has 2 aromatic rings. The van der Waals surface area contributed by atoms with Gasteiger partial charge in [-0.25, -0.2) is 4.99 Å². The molecule has 0 saturated carbocycles. The lowest BCUT2D eigenvalue weighted by Crippen LogP contribution is -2.49. The summed E-state index contributed by atoms with van der Waals surface area (Å²) in [5.41, 5.74) is 3.09. The maximum absolute atomic E-state index is 13.3. The number of carbonyl (C=O) groups excluding carboxylic acids is 2. The fraction of sp³-hybridized carbons (Fsp3) is 0.444. The van der Waals surface area contributed by atoms with Crippen LogP contribution in [0.5, 0.6) is 0 Å². The van der Waals surface area contributed by atoms with Crippen molar-refractivity contribution in [1.29, 1.82) is 0 Å². The smallest absolute Gasteiger partial charge is 0.272 e. The number of likely N-dealkylation sites (N-methyl/N-ethyl adjacent to an activating group) is 1. The van der Waals surface area contributed by atoms with Crippen molar-refractivity contribution in [3.8, 4) is 0 Å². The standard InChI is InChI=1S/C27H35N3O3/c1-5-6-16-23(31)21(17-18(2)3)26(32)29-25-27(33)30(4)22-15-11-10-14-20(22)24(28-25)19-12-8-7-9-13-19/h7-15,18,21,23,25,31H,5-6,16-17H2,1-4H3,(H,29,32)/t21-,23+,25?/m1/s1. The number of aliphatic hydroxyl groups excluding tert-OH is 1. The maximum Gasteiger partial charge on any atom is 0.272 e. The summed E-state index contributed by atoms with van der Waals surface area (Å²) in [6.07, 6.45) is 1.08. The molecule has 1 aliphatic heterocycles. The first-order valence-corrected chi connectivity index (χ1v) is 11.8. The van der Waals surface area contributed by atoms with Crippen molar-refractivity contribution in [1.82, 2.24) is 5.32 Å². The molecular weight excluding hydrogens is 414 g/mol. The molecule has 3 rings (SSSR count). The molecule has 1 aliphatic rings. The molecule has 0 fully saturated rings. The van der Waals surface area contributed by atoms with Gasteiger partial charge in [0.15, 0.2) is 0 Å². The van der Waals surface area contributed by atoms with Crippen LogP contribution in [0.3, 0.4) is 0 Å². The number of amides is 2. The van der Waals surface area contributed by atoms with Crippen LogP contribution in [0.15, 0.2) is 59.6 Å². The van der Waals surface area contributed by atoms with E-state index in [1.54, 1.807) is 11.9 Å². The zero-order chi connectivity index (χ0) is 24.0. The van der Waals surface area contributed by atoms with Gasteiger partial charge in [-0.1, -0.05) is 82.1 Å². The van der Waals surface area contributed by atoms with E-state index in [9.17, 15) is 14.7 Å². The quantitative estimate of drug-likeness (QED) is 0.603.